The number of carbonyl (C=O) groups excluding carboxylic acids is 1. The van der Waals surface area contributed by atoms with Gasteiger partial charge < -0.3 is 4.90 Å². The van der Waals surface area contributed by atoms with Crippen LogP contribution in [0.5, 0.6) is 0 Å². The smallest absolute Gasteiger partial charge is 0.264 e. The van der Waals surface area contributed by atoms with Crippen molar-refractivity contribution in [1.82, 2.24) is 4.90 Å². The predicted octanol–water partition coefficient (Wildman–Crippen LogP) is 4.60. The van der Waals surface area contributed by atoms with Gasteiger partial charge in [-0.2, -0.15) is 0 Å². The quantitative estimate of drug-likeness (QED) is 0.514. The average molecular weight is 431 g/mol. The molecule has 8 heteroatoms. The van der Waals surface area contributed by atoms with Crippen molar-refractivity contribution < 1.29 is 13.2 Å². The van der Waals surface area contributed by atoms with Crippen molar-refractivity contribution >= 4 is 58.1 Å². The van der Waals surface area contributed by atoms with Crippen LogP contribution in [0.25, 0.3) is 19.5 Å². The van der Waals surface area contributed by atoms with Crippen LogP contribution in [-0.4, -0.2) is 26.3 Å². The van der Waals surface area contributed by atoms with Crippen LogP contribution in [-0.2, 0) is 10.0 Å². The van der Waals surface area contributed by atoms with Gasteiger partial charge in [0.25, 0.3) is 5.91 Å². The second-order valence-electron chi connectivity index (χ2n) is 6.61. The molecule has 1 atom stereocenters. The normalized spacial score (nSPS) is 13.1. The summed E-state index contributed by atoms with van der Waals surface area (Å²) in [6, 6.07) is 16.3. The van der Waals surface area contributed by atoms with E-state index < -0.39 is 10.0 Å². The largest absolute Gasteiger partial charge is 0.334 e. The second-order valence-corrected chi connectivity index (χ2v) is 10.3. The van der Waals surface area contributed by atoms with E-state index in [2.05, 4.69) is 12.1 Å². The Bertz CT molecular complexity index is 1290. The summed E-state index contributed by atoms with van der Waals surface area (Å²) < 4.78 is 26.3. The zero-order chi connectivity index (χ0) is 20.1. The fourth-order valence-electron chi connectivity index (χ4n) is 3.11. The lowest BCUT2D eigenvalue weighted by Gasteiger charge is -2.25. The van der Waals surface area contributed by atoms with Gasteiger partial charge in [0, 0.05) is 21.8 Å². The van der Waals surface area contributed by atoms with E-state index in [1.165, 1.54) is 33.6 Å². The predicted molar refractivity (Wildman–Crippen MR) is 116 cm³/mol. The number of primary sulfonamides is 1. The van der Waals surface area contributed by atoms with Crippen LogP contribution in [0.2, 0.25) is 0 Å². The van der Waals surface area contributed by atoms with Crippen LogP contribution in [0.15, 0.2) is 59.5 Å². The first-order valence-electron chi connectivity index (χ1n) is 8.56. The number of fused-ring (bicyclic) bond motifs is 3. The maximum Gasteiger partial charge on any atom is 0.264 e. The minimum Gasteiger partial charge on any atom is -0.334 e. The van der Waals surface area contributed by atoms with Crippen LogP contribution in [0.1, 0.15) is 28.2 Å². The monoisotopic (exact) mass is 430 g/mol. The zero-order valence-corrected chi connectivity index (χ0v) is 17.7. The third kappa shape index (κ3) is 3.33. The van der Waals surface area contributed by atoms with Crippen LogP contribution in [0.3, 0.4) is 0 Å². The van der Waals surface area contributed by atoms with Crippen molar-refractivity contribution in [3.63, 3.8) is 0 Å². The van der Waals surface area contributed by atoms with Gasteiger partial charge in [-0.1, -0.05) is 30.3 Å². The molecule has 0 saturated carbocycles. The zero-order valence-electron chi connectivity index (χ0n) is 15.2. The summed E-state index contributed by atoms with van der Waals surface area (Å²) in [6.45, 7) is 1.91. The minimum atomic E-state index is -3.73. The summed E-state index contributed by atoms with van der Waals surface area (Å²) >= 11 is 3.20. The summed E-state index contributed by atoms with van der Waals surface area (Å²) in [7, 11) is -1.97. The third-order valence-electron chi connectivity index (χ3n) is 4.85. The highest BCUT2D eigenvalue weighted by Gasteiger charge is 2.22. The lowest BCUT2D eigenvalue weighted by atomic mass is 10.1. The SMILES string of the molecule is C[C@@H](c1ccc(S(N)(=O)=O)cc1)N(C)C(=O)c1cc2sc3ccccc3c2s1. The number of nitrogens with zero attached hydrogens (tertiary/aromatic N) is 1. The Labute approximate surface area is 171 Å². The molecular formula is C20H18N2O3S3. The molecule has 0 unspecified atom stereocenters. The molecule has 2 N–H and O–H groups in total. The van der Waals surface area contributed by atoms with E-state index in [0.29, 0.717) is 4.88 Å². The number of benzene rings is 2. The molecule has 0 radical (unpaired) electrons. The molecule has 0 bridgehead atoms. The van der Waals surface area contributed by atoms with Gasteiger partial charge in [-0.25, -0.2) is 13.6 Å². The van der Waals surface area contributed by atoms with E-state index in [4.69, 9.17) is 5.14 Å². The van der Waals surface area contributed by atoms with Crippen molar-refractivity contribution in [3.8, 4) is 0 Å². The van der Waals surface area contributed by atoms with Gasteiger partial charge in [-0.15, -0.1) is 22.7 Å². The van der Waals surface area contributed by atoms with E-state index in [-0.39, 0.29) is 16.8 Å². The second kappa shape index (κ2) is 6.97. The maximum absolute atomic E-state index is 13.0. The molecule has 28 heavy (non-hydrogen) atoms. The molecule has 0 aliphatic rings. The lowest BCUT2D eigenvalue weighted by Crippen LogP contribution is -2.29. The summed E-state index contributed by atoms with van der Waals surface area (Å²) in [5, 5.41) is 6.32. The molecule has 0 spiro atoms. The molecule has 4 rings (SSSR count). The van der Waals surface area contributed by atoms with Crippen LogP contribution < -0.4 is 5.14 Å². The molecule has 0 aliphatic carbocycles. The number of rotatable bonds is 4. The number of hydrogen-bond acceptors (Lipinski definition) is 5. The Morgan fingerprint density at radius 3 is 2.39 bits per heavy atom. The highest BCUT2D eigenvalue weighted by atomic mass is 32.2. The number of nitrogens with two attached hydrogens (primary N) is 1. The van der Waals surface area contributed by atoms with Crippen molar-refractivity contribution in [2.24, 2.45) is 5.14 Å². The van der Waals surface area contributed by atoms with E-state index in [0.717, 1.165) is 15.0 Å². The van der Waals surface area contributed by atoms with Gasteiger partial charge in [0.05, 0.1) is 20.5 Å². The molecule has 144 valence electrons. The van der Waals surface area contributed by atoms with Gasteiger partial charge >= 0.3 is 0 Å². The van der Waals surface area contributed by atoms with Crippen molar-refractivity contribution in [1.29, 1.82) is 0 Å². The Balaban J connectivity index is 1.61. The lowest BCUT2D eigenvalue weighted by molar-refractivity contribution is 0.0747. The van der Waals surface area contributed by atoms with Crippen molar-refractivity contribution in [2.45, 2.75) is 17.9 Å². The number of hydrogen-bond donors (Lipinski definition) is 1. The van der Waals surface area contributed by atoms with Gasteiger partial charge in [-0.3, -0.25) is 4.79 Å². The summed E-state index contributed by atoms with van der Waals surface area (Å²) in [5.74, 6) is -0.0551. The van der Waals surface area contributed by atoms with Crippen molar-refractivity contribution in [3.05, 3.63) is 65.0 Å². The highest BCUT2D eigenvalue weighted by Crippen LogP contribution is 2.40. The molecule has 4 aromatic rings. The Morgan fingerprint density at radius 2 is 1.71 bits per heavy atom. The van der Waals surface area contributed by atoms with E-state index in [1.807, 2.05) is 25.1 Å². The Morgan fingerprint density at radius 1 is 1.04 bits per heavy atom. The molecule has 2 aromatic carbocycles. The Hall–Kier alpha value is -2.26. The molecule has 0 aliphatic heterocycles. The summed E-state index contributed by atoms with van der Waals surface area (Å²) in [4.78, 5) is 15.4. The maximum atomic E-state index is 13.0. The average Bonchev–Trinajstić information content (AvgIpc) is 3.23. The van der Waals surface area contributed by atoms with Crippen molar-refractivity contribution in [2.75, 3.05) is 7.05 Å². The molecule has 5 nitrogen and oxygen atoms in total. The number of amides is 1. The fraction of sp³-hybridized carbons (Fsp3) is 0.150. The van der Waals surface area contributed by atoms with Gasteiger partial charge in [0.15, 0.2) is 0 Å². The van der Waals surface area contributed by atoms with Gasteiger partial charge in [0.1, 0.15) is 0 Å². The Kier molecular flexibility index (Phi) is 4.75. The van der Waals surface area contributed by atoms with E-state index in [1.54, 1.807) is 35.4 Å². The highest BCUT2D eigenvalue weighted by molar-refractivity contribution is 7.89. The first kappa shape index (κ1) is 19.1. The minimum absolute atomic E-state index is 0.0551. The van der Waals surface area contributed by atoms with E-state index in [9.17, 15) is 13.2 Å². The van der Waals surface area contributed by atoms with Gasteiger partial charge in [-0.05, 0) is 36.8 Å². The first-order chi connectivity index (χ1) is 13.3. The molecule has 0 fully saturated rings. The molecular weight excluding hydrogens is 412 g/mol. The fourth-order valence-corrected chi connectivity index (χ4v) is 6.14. The summed E-state index contributed by atoms with van der Waals surface area (Å²) in [5.41, 5.74) is 0.840. The molecule has 0 saturated heterocycles. The standard InChI is InChI=1S/C20H18N2O3S3/c1-12(13-7-9-14(10-8-13)28(21,24)25)22(2)20(23)18-11-17-19(27-18)15-5-3-4-6-16(15)26-17/h3-12H,1-2H3,(H2,21,24,25)/t12-/m0/s1. The van der Waals surface area contributed by atoms with Crippen LogP contribution in [0, 0.1) is 0 Å². The topological polar surface area (TPSA) is 80.5 Å². The first-order valence-corrected chi connectivity index (χ1v) is 11.7. The van der Waals surface area contributed by atoms with Crippen LogP contribution >= 0.6 is 22.7 Å². The third-order valence-corrected chi connectivity index (χ3v) is 8.19. The summed E-state index contributed by atoms with van der Waals surface area (Å²) in [6.07, 6.45) is 0. The number of thiophene rings is 2. The van der Waals surface area contributed by atoms with Gasteiger partial charge in [0.2, 0.25) is 10.0 Å². The molecule has 1 amide bonds. The van der Waals surface area contributed by atoms with E-state index >= 15 is 0 Å². The number of carbonyl (C=O) groups is 1. The number of sulfonamides is 1. The van der Waals surface area contributed by atoms with Crippen LogP contribution in [0.4, 0.5) is 0 Å². The molecule has 2 heterocycles. The molecule has 2 aromatic heterocycles.